The van der Waals surface area contributed by atoms with E-state index in [0.717, 1.165) is 0 Å². The summed E-state index contributed by atoms with van der Waals surface area (Å²) >= 11 is 0. The van der Waals surface area contributed by atoms with Crippen LogP contribution in [0.4, 0.5) is 0 Å². The first-order chi connectivity index (χ1) is 5.56. The fraction of sp³-hybridized carbons (Fsp3) is 0.714. The Morgan fingerprint density at radius 2 is 2.00 bits per heavy atom. The first-order valence-corrected chi connectivity index (χ1v) is 3.51. The fourth-order valence-electron chi connectivity index (χ4n) is 0.788. The monoisotopic (exact) mass is 173 g/mol. The Morgan fingerprint density at radius 1 is 1.42 bits per heavy atom. The van der Waals surface area contributed by atoms with Crippen molar-refractivity contribution in [3.05, 3.63) is 0 Å². The standard InChI is InChI=1S/C7H11NO4/c8-2-1-5(9)3-6(10)4-7(11)12/h5-6,9-10H,1,3-4H2,(H,11,12)/t5-,6+/m0/s1. The third kappa shape index (κ3) is 5.65. The van der Waals surface area contributed by atoms with E-state index in [0.29, 0.717) is 0 Å². The van der Waals surface area contributed by atoms with Crippen molar-refractivity contribution in [3.8, 4) is 6.07 Å². The molecule has 0 aromatic rings. The minimum Gasteiger partial charge on any atom is -0.481 e. The molecule has 0 saturated heterocycles. The maximum Gasteiger partial charge on any atom is 0.305 e. The molecule has 0 heterocycles. The molecule has 0 aliphatic carbocycles. The van der Waals surface area contributed by atoms with Crippen LogP contribution in [-0.2, 0) is 4.79 Å². The summed E-state index contributed by atoms with van der Waals surface area (Å²) < 4.78 is 0. The number of carboxylic acid groups (broad SMARTS) is 1. The molecule has 0 aromatic heterocycles. The second kappa shape index (κ2) is 5.52. The van der Waals surface area contributed by atoms with Crippen LogP contribution in [-0.4, -0.2) is 33.5 Å². The Labute approximate surface area is 69.9 Å². The van der Waals surface area contributed by atoms with E-state index in [-0.39, 0.29) is 12.8 Å². The lowest BCUT2D eigenvalue weighted by Crippen LogP contribution is -2.20. The van der Waals surface area contributed by atoms with E-state index >= 15 is 0 Å². The lowest BCUT2D eigenvalue weighted by Gasteiger charge is -2.10. The van der Waals surface area contributed by atoms with E-state index < -0.39 is 24.6 Å². The molecule has 0 aromatic carbocycles. The molecule has 12 heavy (non-hydrogen) atoms. The van der Waals surface area contributed by atoms with Gasteiger partial charge in [-0.25, -0.2) is 0 Å². The number of aliphatic hydroxyl groups is 2. The molecule has 3 N–H and O–H groups in total. The molecular weight excluding hydrogens is 162 g/mol. The van der Waals surface area contributed by atoms with E-state index in [9.17, 15) is 4.79 Å². The van der Waals surface area contributed by atoms with Crippen molar-refractivity contribution in [1.29, 1.82) is 5.26 Å². The molecule has 0 radical (unpaired) electrons. The number of carboxylic acids is 1. The van der Waals surface area contributed by atoms with Gasteiger partial charge < -0.3 is 15.3 Å². The summed E-state index contributed by atoms with van der Waals surface area (Å²) in [5.74, 6) is -1.12. The lowest BCUT2D eigenvalue weighted by molar-refractivity contribution is -0.139. The van der Waals surface area contributed by atoms with Crippen molar-refractivity contribution in [2.24, 2.45) is 0 Å². The van der Waals surface area contributed by atoms with Gasteiger partial charge in [0.15, 0.2) is 0 Å². The summed E-state index contributed by atoms with van der Waals surface area (Å²) in [5, 5.41) is 34.3. The molecule has 0 aliphatic rings. The van der Waals surface area contributed by atoms with Crippen molar-refractivity contribution in [1.82, 2.24) is 0 Å². The summed E-state index contributed by atoms with van der Waals surface area (Å²) in [6.45, 7) is 0. The molecule has 2 atom stereocenters. The van der Waals surface area contributed by atoms with Gasteiger partial charge in [-0.1, -0.05) is 0 Å². The summed E-state index contributed by atoms with van der Waals surface area (Å²) in [6, 6.07) is 1.72. The predicted molar refractivity (Wildman–Crippen MR) is 39.1 cm³/mol. The maximum atomic E-state index is 10.0. The van der Waals surface area contributed by atoms with Crippen LogP contribution in [0.15, 0.2) is 0 Å². The van der Waals surface area contributed by atoms with Crippen LogP contribution in [0.25, 0.3) is 0 Å². The van der Waals surface area contributed by atoms with Gasteiger partial charge >= 0.3 is 5.97 Å². The van der Waals surface area contributed by atoms with Gasteiger partial charge in [-0.15, -0.1) is 0 Å². The number of carbonyl (C=O) groups is 1. The number of nitrogens with zero attached hydrogens (tertiary/aromatic N) is 1. The highest BCUT2D eigenvalue weighted by molar-refractivity contribution is 5.67. The molecule has 0 aliphatic heterocycles. The third-order valence-corrected chi connectivity index (χ3v) is 1.28. The summed E-state index contributed by atoms with van der Waals surface area (Å²) in [4.78, 5) is 10.0. The molecule has 0 rings (SSSR count). The van der Waals surface area contributed by atoms with Crippen molar-refractivity contribution in [3.63, 3.8) is 0 Å². The number of nitriles is 1. The fourth-order valence-corrected chi connectivity index (χ4v) is 0.788. The molecule has 0 bridgehead atoms. The molecule has 68 valence electrons. The van der Waals surface area contributed by atoms with E-state index in [2.05, 4.69) is 0 Å². The molecule has 0 fully saturated rings. The number of aliphatic hydroxyl groups excluding tert-OH is 2. The van der Waals surface area contributed by atoms with Crippen LogP contribution >= 0.6 is 0 Å². The minimum atomic E-state index is -1.12. The van der Waals surface area contributed by atoms with Crippen molar-refractivity contribution < 1.29 is 20.1 Å². The van der Waals surface area contributed by atoms with Crippen LogP contribution in [0.5, 0.6) is 0 Å². The third-order valence-electron chi connectivity index (χ3n) is 1.28. The average Bonchev–Trinajstić information content (AvgIpc) is 1.84. The van der Waals surface area contributed by atoms with Gasteiger partial charge in [-0.05, 0) is 0 Å². The molecule has 0 saturated carbocycles. The van der Waals surface area contributed by atoms with Crippen LogP contribution < -0.4 is 0 Å². The maximum absolute atomic E-state index is 10.0. The summed E-state index contributed by atoms with van der Waals surface area (Å²) in [5.41, 5.74) is 0. The van der Waals surface area contributed by atoms with Gasteiger partial charge in [0.05, 0.1) is 31.1 Å². The van der Waals surface area contributed by atoms with Crippen LogP contribution in [0.3, 0.4) is 0 Å². The van der Waals surface area contributed by atoms with E-state index in [1.165, 1.54) is 0 Å². The predicted octanol–water partition coefficient (Wildman–Crippen LogP) is -0.513. The number of hydrogen-bond donors (Lipinski definition) is 3. The molecule has 0 unspecified atom stereocenters. The smallest absolute Gasteiger partial charge is 0.305 e. The molecule has 5 heteroatoms. The molecule has 0 spiro atoms. The Bertz CT molecular complexity index is 186. The highest BCUT2D eigenvalue weighted by atomic mass is 16.4. The first-order valence-electron chi connectivity index (χ1n) is 3.51. The Hall–Kier alpha value is -1.12. The summed E-state index contributed by atoms with van der Waals surface area (Å²) in [6.07, 6.45) is -2.57. The molecule has 0 amide bonds. The average molecular weight is 173 g/mol. The van der Waals surface area contributed by atoms with Gasteiger partial charge in [-0.3, -0.25) is 4.79 Å². The zero-order valence-corrected chi connectivity index (χ0v) is 6.47. The van der Waals surface area contributed by atoms with Gasteiger partial charge in [0, 0.05) is 6.42 Å². The Morgan fingerprint density at radius 3 is 2.42 bits per heavy atom. The van der Waals surface area contributed by atoms with Crippen LogP contribution in [0.1, 0.15) is 19.3 Å². The number of rotatable bonds is 5. The normalized spacial score (nSPS) is 14.8. The minimum absolute atomic E-state index is 0.0696. The van der Waals surface area contributed by atoms with Crippen molar-refractivity contribution >= 4 is 5.97 Å². The lowest BCUT2D eigenvalue weighted by atomic mass is 10.1. The molecule has 5 nitrogen and oxygen atoms in total. The van der Waals surface area contributed by atoms with Crippen LogP contribution in [0, 0.1) is 11.3 Å². The number of aliphatic carboxylic acids is 1. The highest BCUT2D eigenvalue weighted by Gasteiger charge is 2.14. The van der Waals surface area contributed by atoms with Gasteiger partial charge in [0.25, 0.3) is 0 Å². The van der Waals surface area contributed by atoms with Crippen molar-refractivity contribution in [2.75, 3.05) is 0 Å². The second-order valence-corrected chi connectivity index (χ2v) is 2.50. The van der Waals surface area contributed by atoms with Gasteiger partial charge in [0.1, 0.15) is 0 Å². The van der Waals surface area contributed by atoms with E-state index in [1.54, 1.807) is 6.07 Å². The number of hydrogen-bond acceptors (Lipinski definition) is 4. The SMILES string of the molecule is N#CC[C@H](O)C[C@@H](O)CC(=O)O. The van der Waals surface area contributed by atoms with E-state index in [4.69, 9.17) is 20.6 Å². The van der Waals surface area contributed by atoms with Gasteiger partial charge in [0.2, 0.25) is 0 Å². The first kappa shape index (κ1) is 10.9. The van der Waals surface area contributed by atoms with Crippen LogP contribution in [0.2, 0.25) is 0 Å². The molecular formula is C7H11NO4. The quantitative estimate of drug-likeness (QED) is 0.519. The zero-order valence-electron chi connectivity index (χ0n) is 6.47. The van der Waals surface area contributed by atoms with E-state index in [1.807, 2.05) is 0 Å². The van der Waals surface area contributed by atoms with Crippen molar-refractivity contribution in [2.45, 2.75) is 31.5 Å². The topological polar surface area (TPSA) is 102 Å². The summed E-state index contributed by atoms with van der Waals surface area (Å²) in [7, 11) is 0. The Balaban J connectivity index is 3.62. The Kier molecular flexibility index (Phi) is 5.00. The zero-order chi connectivity index (χ0) is 9.56. The second-order valence-electron chi connectivity index (χ2n) is 2.50. The highest BCUT2D eigenvalue weighted by Crippen LogP contribution is 2.04. The largest absolute Gasteiger partial charge is 0.481 e. The van der Waals surface area contributed by atoms with Gasteiger partial charge in [-0.2, -0.15) is 5.26 Å².